The number of aromatic carboxylic acids is 1. The van der Waals surface area contributed by atoms with Gasteiger partial charge in [-0.25, -0.2) is 14.6 Å². The normalized spacial score (nSPS) is 11.2. The van der Waals surface area contributed by atoms with E-state index in [4.69, 9.17) is 5.11 Å². The van der Waals surface area contributed by atoms with Crippen LogP contribution in [0.4, 0.5) is 4.79 Å². The summed E-state index contributed by atoms with van der Waals surface area (Å²) in [6.45, 7) is 8.04. The fourth-order valence-electron chi connectivity index (χ4n) is 2.18. The molecule has 0 unspecified atom stereocenters. The zero-order valence-electron chi connectivity index (χ0n) is 12.9. The highest BCUT2D eigenvalue weighted by molar-refractivity contribution is 7.13. The maximum absolute atomic E-state index is 12.0. The molecule has 0 saturated heterocycles. The second kappa shape index (κ2) is 7.40. The van der Waals surface area contributed by atoms with E-state index in [1.807, 2.05) is 0 Å². The third kappa shape index (κ3) is 4.42. The number of hydrogen-bond donors (Lipinski definition) is 3. The zero-order chi connectivity index (χ0) is 16.0. The molecule has 0 saturated carbocycles. The summed E-state index contributed by atoms with van der Waals surface area (Å²) >= 11 is 1.09. The molecule has 2 amide bonds. The number of aryl methyl sites for hydroxylation is 1. The molecule has 118 valence electrons. The molecule has 0 atom stereocenters. The van der Waals surface area contributed by atoms with Gasteiger partial charge in [0.1, 0.15) is 9.88 Å². The lowest BCUT2D eigenvalue weighted by Crippen LogP contribution is -2.51. The maximum Gasteiger partial charge on any atom is 0.347 e. The molecule has 0 bridgehead atoms. The zero-order valence-corrected chi connectivity index (χ0v) is 13.8. The Morgan fingerprint density at radius 3 is 2.24 bits per heavy atom. The highest BCUT2D eigenvalue weighted by atomic mass is 32.1. The first kappa shape index (κ1) is 17.4. The lowest BCUT2D eigenvalue weighted by Gasteiger charge is -2.31. The van der Waals surface area contributed by atoms with E-state index in [1.165, 1.54) is 0 Å². The van der Waals surface area contributed by atoms with E-state index in [2.05, 4.69) is 36.4 Å². The number of thiazole rings is 1. The van der Waals surface area contributed by atoms with Crippen LogP contribution in [-0.4, -0.2) is 27.6 Å². The van der Waals surface area contributed by atoms with Crippen molar-refractivity contribution in [2.45, 2.75) is 59.0 Å². The molecule has 0 aromatic carbocycles. The molecule has 0 fully saturated rings. The fraction of sp³-hybridized carbons (Fsp3) is 0.643. The van der Waals surface area contributed by atoms with Crippen LogP contribution in [0.15, 0.2) is 0 Å². The molecule has 1 aromatic heterocycles. The van der Waals surface area contributed by atoms with Crippen LogP contribution in [0, 0.1) is 6.92 Å². The Hall–Kier alpha value is -1.63. The van der Waals surface area contributed by atoms with Crippen molar-refractivity contribution in [3.8, 4) is 0 Å². The molecule has 1 rings (SSSR count). The van der Waals surface area contributed by atoms with Gasteiger partial charge in [0.15, 0.2) is 0 Å². The van der Waals surface area contributed by atoms with Gasteiger partial charge in [-0.05, 0) is 26.2 Å². The highest BCUT2D eigenvalue weighted by Crippen LogP contribution is 2.20. The van der Waals surface area contributed by atoms with E-state index in [-0.39, 0.29) is 23.0 Å². The fourth-order valence-corrected chi connectivity index (χ4v) is 3.03. The van der Waals surface area contributed by atoms with Gasteiger partial charge in [0.05, 0.1) is 12.2 Å². The Balaban J connectivity index is 2.61. The Bertz CT molecular complexity index is 501. The number of amides is 2. The predicted octanol–water partition coefficient (Wildman–Crippen LogP) is 2.92. The van der Waals surface area contributed by atoms with Crippen LogP contribution in [0.3, 0.4) is 0 Å². The summed E-state index contributed by atoms with van der Waals surface area (Å²) < 4.78 is 0. The summed E-state index contributed by atoms with van der Waals surface area (Å²) in [7, 11) is 0. The second-order valence-electron chi connectivity index (χ2n) is 4.98. The molecule has 1 aromatic rings. The van der Waals surface area contributed by atoms with Crippen molar-refractivity contribution in [3.05, 3.63) is 15.6 Å². The maximum atomic E-state index is 12.0. The molecule has 21 heavy (non-hydrogen) atoms. The topological polar surface area (TPSA) is 91.3 Å². The molecule has 3 N–H and O–H groups in total. The van der Waals surface area contributed by atoms with Crippen LogP contribution in [0.25, 0.3) is 0 Å². The van der Waals surface area contributed by atoms with E-state index in [1.54, 1.807) is 6.92 Å². The van der Waals surface area contributed by atoms with Crippen LogP contribution >= 0.6 is 11.3 Å². The van der Waals surface area contributed by atoms with Crippen LogP contribution < -0.4 is 10.6 Å². The number of carboxylic acids is 1. The van der Waals surface area contributed by atoms with Gasteiger partial charge in [0, 0.05) is 5.54 Å². The largest absolute Gasteiger partial charge is 0.477 e. The van der Waals surface area contributed by atoms with Gasteiger partial charge >= 0.3 is 12.0 Å². The summed E-state index contributed by atoms with van der Waals surface area (Å²) in [6.07, 6.45) is 2.60. The molecular formula is C14H23N3O3S. The smallest absolute Gasteiger partial charge is 0.347 e. The van der Waals surface area contributed by atoms with Gasteiger partial charge in [0.25, 0.3) is 0 Å². The minimum atomic E-state index is -0.984. The van der Waals surface area contributed by atoms with Crippen molar-refractivity contribution >= 4 is 23.3 Å². The van der Waals surface area contributed by atoms with Gasteiger partial charge in [-0.3, -0.25) is 0 Å². The molecule has 0 radical (unpaired) electrons. The van der Waals surface area contributed by atoms with Crippen LogP contribution in [0.2, 0.25) is 0 Å². The number of rotatable bonds is 7. The Kier molecular flexibility index (Phi) is 6.14. The number of nitrogens with one attached hydrogen (secondary N) is 2. The number of urea groups is 1. The summed E-state index contributed by atoms with van der Waals surface area (Å²) in [6, 6.07) is -0.245. The van der Waals surface area contributed by atoms with Gasteiger partial charge in [-0.15, -0.1) is 11.3 Å². The first-order valence-electron chi connectivity index (χ1n) is 7.13. The molecule has 6 nitrogen and oxygen atoms in total. The van der Waals surface area contributed by atoms with E-state index in [0.29, 0.717) is 10.7 Å². The van der Waals surface area contributed by atoms with Crippen molar-refractivity contribution in [1.29, 1.82) is 0 Å². The number of carbonyl (C=O) groups is 2. The van der Waals surface area contributed by atoms with Crippen LogP contribution in [-0.2, 0) is 6.54 Å². The second-order valence-corrected chi connectivity index (χ2v) is 6.06. The highest BCUT2D eigenvalue weighted by Gasteiger charge is 2.25. The lowest BCUT2D eigenvalue weighted by molar-refractivity contribution is 0.0701. The Morgan fingerprint density at radius 2 is 1.81 bits per heavy atom. The third-order valence-electron chi connectivity index (χ3n) is 3.84. The molecule has 0 aliphatic carbocycles. The first-order chi connectivity index (χ1) is 9.87. The molecule has 7 heteroatoms. The number of carbonyl (C=O) groups excluding carboxylic acids is 1. The minimum Gasteiger partial charge on any atom is -0.477 e. The van der Waals surface area contributed by atoms with Gasteiger partial charge in [-0.1, -0.05) is 20.8 Å². The van der Waals surface area contributed by atoms with Crippen LogP contribution in [0.1, 0.15) is 60.4 Å². The van der Waals surface area contributed by atoms with E-state index in [9.17, 15) is 9.59 Å². The standard InChI is InChI=1S/C14H23N3O3S/c1-5-14(6-2,7-3)17-13(20)15-8-10-16-9(4)11(21-10)12(18)19/h5-8H2,1-4H3,(H,18,19)(H2,15,17,20). The molecular weight excluding hydrogens is 290 g/mol. The summed E-state index contributed by atoms with van der Waals surface area (Å²) in [5.41, 5.74) is 0.296. The van der Waals surface area contributed by atoms with Gasteiger partial charge in [0.2, 0.25) is 0 Å². The van der Waals surface area contributed by atoms with Crippen molar-refractivity contribution in [2.24, 2.45) is 0 Å². The third-order valence-corrected chi connectivity index (χ3v) is 4.99. The Labute approximate surface area is 129 Å². The predicted molar refractivity (Wildman–Crippen MR) is 82.8 cm³/mol. The lowest BCUT2D eigenvalue weighted by atomic mass is 9.90. The summed E-state index contributed by atoms with van der Waals surface area (Å²) in [5, 5.41) is 15.3. The monoisotopic (exact) mass is 313 g/mol. The first-order valence-corrected chi connectivity index (χ1v) is 7.94. The number of nitrogens with zero attached hydrogens (tertiary/aromatic N) is 1. The number of carboxylic acid groups (broad SMARTS) is 1. The Morgan fingerprint density at radius 1 is 1.24 bits per heavy atom. The van der Waals surface area contributed by atoms with Gasteiger partial charge in [-0.2, -0.15) is 0 Å². The van der Waals surface area contributed by atoms with Crippen molar-refractivity contribution in [2.75, 3.05) is 0 Å². The molecule has 1 heterocycles. The molecule has 0 spiro atoms. The van der Waals surface area contributed by atoms with Crippen molar-refractivity contribution in [3.63, 3.8) is 0 Å². The van der Waals surface area contributed by atoms with Crippen molar-refractivity contribution in [1.82, 2.24) is 15.6 Å². The van der Waals surface area contributed by atoms with E-state index < -0.39 is 5.97 Å². The van der Waals surface area contributed by atoms with E-state index >= 15 is 0 Å². The van der Waals surface area contributed by atoms with E-state index in [0.717, 1.165) is 30.6 Å². The average molecular weight is 313 g/mol. The SMILES string of the molecule is CCC(CC)(CC)NC(=O)NCc1nc(C)c(C(=O)O)s1. The quantitative estimate of drug-likeness (QED) is 0.722. The molecule has 0 aliphatic rings. The number of hydrogen-bond acceptors (Lipinski definition) is 4. The molecule has 0 aliphatic heterocycles. The summed E-state index contributed by atoms with van der Waals surface area (Å²) in [5.74, 6) is -0.984. The minimum absolute atomic E-state index is 0.185. The summed E-state index contributed by atoms with van der Waals surface area (Å²) in [4.78, 5) is 27.3. The van der Waals surface area contributed by atoms with Crippen LogP contribution in [0.5, 0.6) is 0 Å². The average Bonchev–Trinajstić information content (AvgIpc) is 2.84. The van der Waals surface area contributed by atoms with Crippen molar-refractivity contribution < 1.29 is 14.7 Å². The number of aromatic nitrogens is 1. The van der Waals surface area contributed by atoms with Gasteiger partial charge < -0.3 is 15.7 Å².